The lowest BCUT2D eigenvalue weighted by atomic mass is 9.97. The Labute approximate surface area is 87.8 Å². The van der Waals surface area contributed by atoms with Crippen molar-refractivity contribution in [2.45, 2.75) is 45.1 Å². The SMILES string of the molecule is CC1CCN(CC2CCCC2N)CC1. The summed E-state index contributed by atoms with van der Waals surface area (Å²) in [4.78, 5) is 2.63. The van der Waals surface area contributed by atoms with Crippen molar-refractivity contribution in [1.29, 1.82) is 0 Å². The third-order valence-electron chi connectivity index (χ3n) is 4.09. The van der Waals surface area contributed by atoms with Gasteiger partial charge < -0.3 is 10.6 Å². The molecule has 1 heterocycles. The second-order valence-electron chi connectivity index (χ2n) is 5.34. The maximum absolute atomic E-state index is 6.10. The molecule has 1 saturated heterocycles. The molecule has 2 rings (SSSR count). The van der Waals surface area contributed by atoms with Gasteiger partial charge in [-0.05, 0) is 50.6 Å². The quantitative estimate of drug-likeness (QED) is 0.730. The Bertz CT molecular complexity index is 173. The second kappa shape index (κ2) is 4.63. The van der Waals surface area contributed by atoms with E-state index < -0.39 is 0 Å². The predicted molar refractivity (Wildman–Crippen MR) is 60.2 cm³/mol. The van der Waals surface area contributed by atoms with Crippen molar-refractivity contribution in [2.75, 3.05) is 19.6 Å². The van der Waals surface area contributed by atoms with Crippen LogP contribution in [0.2, 0.25) is 0 Å². The average Bonchev–Trinajstić information content (AvgIpc) is 2.56. The lowest BCUT2D eigenvalue weighted by Gasteiger charge is -2.33. The van der Waals surface area contributed by atoms with Crippen LogP contribution >= 0.6 is 0 Å². The predicted octanol–water partition coefficient (Wildman–Crippen LogP) is 1.85. The van der Waals surface area contributed by atoms with Crippen LogP contribution in [0, 0.1) is 11.8 Å². The second-order valence-corrected chi connectivity index (χ2v) is 5.34. The highest BCUT2D eigenvalue weighted by Crippen LogP contribution is 2.26. The number of hydrogen-bond donors (Lipinski definition) is 1. The molecule has 0 radical (unpaired) electrons. The van der Waals surface area contributed by atoms with Crippen molar-refractivity contribution in [1.82, 2.24) is 4.90 Å². The lowest BCUT2D eigenvalue weighted by Crippen LogP contribution is -2.40. The zero-order valence-electron chi connectivity index (χ0n) is 9.41. The van der Waals surface area contributed by atoms with Crippen LogP contribution in [0.15, 0.2) is 0 Å². The highest BCUT2D eigenvalue weighted by Gasteiger charge is 2.26. The first-order chi connectivity index (χ1) is 6.75. The fourth-order valence-corrected chi connectivity index (χ4v) is 2.87. The molecule has 1 aliphatic heterocycles. The van der Waals surface area contributed by atoms with E-state index in [0.717, 1.165) is 11.8 Å². The molecule has 0 aromatic carbocycles. The Hall–Kier alpha value is -0.0800. The van der Waals surface area contributed by atoms with Crippen molar-refractivity contribution >= 4 is 0 Å². The molecule has 0 amide bonds. The van der Waals surface area contributed by atoms with E-state index in [1.807, 2.05) is 0 Å². The largest absolute Gasteiger partial charge is 0.327 e. The molecule has 2 fully saturated rings. The molecule has 0 bridgehead atoms. The van der Waals surface area contributed by atoms with Crippen LogP contribution in [0.1, 0.15) is 39.0 Å². The summed E-state index contributed by atoms with van der Waals surface area (Å²) >= 11 is 0. The smallest absolute Gasteiger partial charge is 0.00793 e. The van der Waals surface area contributed by atoms with E-state index in [1.54, 1.807) is 0 Å². The molecular formula is C12H24N2. The minimum absolute atomic E-state index is 0.495. The molecular weight excluding hydrogens is 172 g/mol. The highest BCUT2D eigenvalue weighted by atomic mass is 15.1. The molecule has 2 nitrogen and oxygen atoms in total. The lowest BCUT2D eigenvalue weighted by molar-refractivity contribution is 0.163. The number of hydrogen-bond acceptors (Lipinski definition) is 2. The van der Waals surface area contributed by atoms with Gasteiger partial charge in [0.05, 0.1) is 0 Å². The van der Waals surface area contributed by atoms with Crippen LogP contribution in [0.4, 0.5) is 0 Å². The van der Waals surface area contributed by atoms with E-state index in [-0.39, 0.29) is 0 Å². The molecule has 2 unspecified atom stereocenters. The van der Waals surface area contributed by atoms with Crippen LogP contribution in [-0.2, 0) is 0 Å². The van der Waals surface area contributed by atoms with Gasteiger partial charge in [0.1, 0.15) is 0 Å². The van der Waals surface area contributed by atoms with Gasteiger partial charge in [-0.15, -0.1) is 0 Å². The van der Waals surface area contributed by atoms with Crippen molar-refractivity contribution in [3.63, 3.8) is 0 Å². The Morgan fingerprint density at radius 2 is 1.86 bits per heavy atom. The first kappa shape index (κ1) is 10.4. The molecule has 1 saturated carbocycles. The molecule has 0 spiro atoms. The summed E-state index contributed by atoms with van der Waals surface area (Å²) in [7, 11) is 0. The molecule has 2 atom stereocenters. The number of piperidine rings is 1. The molecule has 2 N–H and O–H groups in total. The first-order valence-electron chi connectivity index (χ1n) is 6.23. The molecule has 82 valence electrons. The number of nitrogens with two attached hydrogens (primary N) is 1. The van der Waals surface area contributed by atoms with Crippen LogP contribution in [0.3, 0.4) is 0 Å². The van der Waals surface area contributed by atoms with Crippen LogP contribution in [0.5, 0.6) is 0 Å². The van der Waals surface area contributed by atoms with E-state index >= 15 is 0 Å². The zero-order valence-corrected chi connectivity index (χ0v) is 9.41. The van der Waals surface area contributed by atoms with Crippen molar-refractivity contribution < 1.29 is 0 Å². The summed E-state index contributed by atoms with van der Waals surface area (Å²) in [5.74, 6) is 1.74. The fraction of sp³-hybridized carbons (Fsp3) is 1.00. The van der Waals surface area contributed by atoms with Gasteiger partial charge in [-0.1, -0.05) is 13.3 Å². The first-order valence-corrected chi connectivity index (χ1v) is 6.23. The zero-order chi connectivity index (χ0) is 9.97. The summed E-state index contributed by atoms with van der Waals surface area (Å²) in [6.45, 7) is 6.27. The van der Waals surface area contributed by atoms with Gasteiger partial charge in [-0.3, -0.25) is 0 Å². The molecule has 2 aliphatic rings. The van der Waals surface area contributed by atoms with Gasteiger partial charge in [-0.2, -0.15) is 0 Å². The minimum Gasteiger partial charge on any atom is -0.327 e. The normalized spacial score (nSPS) is 36.4. The van der Waals surface area contributed by atoms with Gasteiger partial charge in [-0.25, -0.2) is 0 Å². The third-order valence-corrected chi connectivity index (χ3v) is 4.09. The molecule has 14 heavy (non-hydrogen) atoms. The number of likely N-dealkylation sites (tertiary alicyclic amines) is 1. The van der Waals surface area contributed by atoms with E-state index in [9.17, 15) is 0 Å². The van der Waals surface area contributed by atoms with Gasteiger partial charge in [0, 0.05) is 12.6 Å². The summed E-state index contributed by atoms with van der Waals surface area (Å²) in [6, 6.07) is 0.495. The van der Waals surface area contributed by atoms with E-state index in [0.29, 0.717) is 6.04 Å². The Morgan fingerprint density at radius 3 is 2.43 bits per heavy atom. The van der Waals surface area contributed by atoms with Crippen LogP contribution < -0.4 is 5.73 Å². The topological polar surface area (TPSA) is 29.3 Å². The minimum atomic E-state index is 0.495. The summed E-state index contributed by atoms with van der Waals surface area (Å²) in [6.07, 6.45) is 6.77. The van der Waals surface area contributed by atoms with E-state index in [2.05, 4.69) is 11.8 Å². The third kappa shape index (κ3) is 2.48. The molecule has 0 aromatic heterocycles. The standard InChI is InChI=1S/C12H24N2/c1-10-5-7-14(8-6-10)9-11-3-2-4-12(11)13/h10-12H,2-9,13H2,1H3. The van der Waals surface area contributed by atoms with Gasteiger partial charge in [0.25, 0.3) is 0 Å². The van der Waals surface area contributed by atoms with E-state index in [4.69, 9.17) is 5.73 Å². The maximum Gasteiger partial charge on any atom is 0.00793 e. The fourth-order valence-electron chi connectivity index (χ4n) is 2.87. The van der Waals surface area contributed by atoms with Gasteiger partial charge >= 0.3 is 0 Å². The van der Waals surface area contributed by atoms with Crippen molar-refractivity contribution in [3.05, 3.63) is 0 Å². The molecule has 1 aliphatic carbocycles. The van der Waals surface area contributed by atoms with Crippen LogP contribution in [-0.4, -0.2) is 30.6 Å². The monoisotopic (exact) mass is 196 g/mol. The molecule has 2 heteroatoms. The summed E-state index contributed by atoms with van der Waals surface area (Å²) in [5.41, 5.74) is 6.10. The Kier molecular flexibility index (Phi) is 3.45. The number of rotatable bonds is 2. The maximum atomic E-state index is 6.10. The van der Waals surface area contributed by atoms with Gasteiger partial charge in [0.15, 0.2) is 0 Å². The Morgan fingerprint density at radius 1 is 1.14 bits per heavy atom. The highest BCUT2D eigenvalue weighted by molar-refractivity contribution is 4.83. The van der Waals surface area contributed by atoms with Gasteiger partial charge in [0.2, 0.25) is 0 Å². The molecule has 0 aromatic rings. The van der Waals surface area contributed by atoms with Crippen LogP contribution in [0.25, 0.3) is 0 Å². The summed E-state index contributed by atoms with van der Waals surface area (Å²) < 4.78 is 0. The van der Waals surface area contributed by atoms with Crippen molar-refractivity contribution in [2.24, 2.45) is 17.6 Å². The summed E-state index contributed by atoms with van der Waals surface area (Å²) in [5, 5.41) is 0. The Balaban J connectivity index is 1.74. The number of nitrogens with zero attached hydrogens (tertiary/aromatic N) is 1. The van der Waals surface area contributed by atoms with E-state index in [1.165, 1.54) is 51.7 Å². The average molecular weight is 196 g/mol. The van der Waals surface area contributed by atoms with Crippen molar-refractivity contribution in [3.8, 4) is 0 Å².